The Morgan fingerprint density at radius 2 is 1.62 bits per heavy atom. The summed E-state index contributed by atoms with van der Waals surface area (Å²) in [6.07, 6.45) is 5.24. The lowest BCUT2D eigenvalue weighted by Crippen LogP contribution is -2.52. The standard InChI is InChI=1S/C46H45ClN6O3/c1-29(44(49)37-17-18-38(23-48)41(47)22-37)30(2)50-24-34-10-5-31(6-11-34)3-4-32-7-12-35(13-8-32)25-52-26-36(27-52)14-9-33-15-16-39-28-53(46(56)40(39)21-33)42-19-20-43(54)51-45(42)55/h5-6,10-11,15-18,21-22,32,35-36,42H,7-8,12-13,19-20,24-28,49H2,1-2H3,(H,51,54,55). The number of nitriles is 1. The van der Waals surface area contributed by atoms with Crippen molar-refractivity contribution in [2.75, 3.05) is 19.6 Å². The quantitative estimate of drug-likeness (QED) is 0.161. The SMILES string of the molecule is CC(=NCc1ccc(C#CC2CCC(CN3CC(C#Cc4ccc5c(c4)C(=O)N(C4CCC(=O)NC4=O)C5)C3)CC2)cc1)C(C)=C(N)c1ccc(C#N)c(Cl)c1. The first-order chi connectivity index (χ1) is 27.0. The number of hydrogen-bond donors (Lipinski definition) is 2. The number of nitrogens with zero attached hydrogens (tertiary/aromatic N) is 4. The van der Waals surface area contributed by atoms with Gasteiger partial charge in [0.05, 0.1) is 17.1 Å². The van der Waals surface area contributed by atoms with Gasteiger partial charge < -0.3 is 15.5 Å². The van der Waals surface area contributed by atoms with Crippen molar-refractivity contribution in [3.63, 3.8) is 0 Å². The van der Waals surface area contributed by atoms with Crippen LogP contribution >= 0.6 is 11.6 Å². The Hall–Kier alpha value is -5.66. The first kappa shape index (κ1) is 38.6. The third kappa shape index (κ3) is 8.90. The zero-order valence-corrected chi connectivity index (χ0v) is 32.6. The van der Waals surface area contributed by atoms with E-state index in [4.69, 9.17) is 27.6 Å². The molecule has 1 atom stereocenters. The summed E-state index contributed by atoms with van der Waals surface area (Å²) in [5.74, 6) is 14.2. The number of imide groups is 1. The van der Waals surface area contributed by atoms with E-state index in [-0.39, 0.29) is 18.2 Å². The number of nitrogens with two attached hydrogens (primary N) is 1. The molecule has 4 aliphatic rings. The Bertz CT molecular complexity index is 2290. The zero-order valence-electron chi connectivity index (χ0n) is 31.8. The number of likely N-dealkylation sites (tertiary alicyclic amines) is 1. The molecule has 1 unspecified atom stereocenters. The lowest BCUT2D eigenvalue weighted by molar-refractivity contribution is -0.136. The molecular weight excluding hydrogens is 720 g/mol. The minimum absolute atomic E-state index is 0.170. The maximum absolute atomic E-state index is 13.1. The highest BCUT2D eigenvalue weighted by Crippen LogP contribution is 2.32. The average Bonchev–Trinajstić information content (AvgIpc) is 3.51. The van der Waals surface area contributed by atoms with E-state index in [1.807, 2.05) is 32.0 Å². The van der Waals surface area contributed by atoms with Gasteiger partial charge in [-0.3, -0.25) is 24.7 Å². The van der Waals surface area contributed by atoms with Crippen LogP contribution in [0.3, 0.4) is 0 Å². The summed E-state index contributed by atoms with van der Waals surface area (Å²) < 4.78 is 0. The van der Waals surface area contributed by atoms with Gasteiger partial charge in [-0.25, -0.2) is 0 Å². The molecule has 0 aromatic heterocycles. The number of fused-ring (bicyclic) bond motifs is 1. The Morgan fingerprint density at radius 1 is 0.911 bits per heavy atom. The van der Waals surface area contributed by atoms with Crippen molar-refractivity contribution < 1.29 is 14.4 Å². The number of benzene rings is 3. The Morgan fingerprint density at radius 3 is 2.34 bits per heavy atom. The molecule has 1 aliphatic carbocycles. The van der Waals surface area contributed by atoms with Crippen LogP contribution < -0.4 is 11.1 Å². The predicted octanol–water partition coefficient (Wildman–Crippen LogP) is 6.46. The van der Waals surface area contributed by atoms with Gasteiger partial charge in [-0.15, -0.1) is 0 Å². The Labute approximate surface area is 334 Å². The summed E-state index contributed by atoms with van der Waals surface area (Å²) in [6.45, 7) is 7.86. The van der Waals surface area contributed by atoms with Crippen LogP contribution in [0, 0.1) is 52.8 Å². The molecule has 284 valence electrons. The molecule has 2 saturated heterocycles. The number of carbonyl (C=O) groups excluding carboxylic acids is 3. The van der Waals surface area contributed by atoms with Crippen LogP contribution in [0.5, 0.6) is 0 Å². The fourth-order valence-electron chi connectivity index (χ4n) is 7.87. The van der Waals surface area contributed by atoms with Crippen molar-refractivity contribution in [2.45, 2.75) is 71.5 Å². The minimum Gasteiger partial charge on any atom is -0.398 e. The van der Waals surface area contributed by atoms with E-state index in [2.05, 4.69) is 64.2 Å². The van der Waals surface area contributed by atoms with E-state index in [1.54, 1.807) is 23.1 Å². The molecule has 3 aromatic carbocycles. The fourth-order valence-corrected chi connectivity index (χ4v) is 8.10. The number of hydrogen-bond acceptors (Lipinski definition) is 7. The summed E-state index contributed by atoms with van der Waals surface area (Å²) in [7, 11) is 0. The fraction of sp³-hybridized carbons (Fsp3) is 0.370. The Kier molecular flexibility index (Phi) is 11.7. The number of halogens is 1. The lowest BCUT2D eigenvalue weighted by atomic mass is 9.81. The van der Waals surface area contributed by atoms with Crippen molar-refractivity contribution >= 4 is 40.7 Å². The van der Waals surface area contributed by atoms with E-state index in [9.17, 15) is 14.4 Å². The average molecular weight is 765 g/mol. The smallest absolute Gasteiger partial charge is 0.255 e. The third-order valence-electron chi connectivity index (χ3n) is 11.5. The van der Waals surface area contributed by atoms with Crippen molar-refractivity contribution in [1.29, 1.82) is 5.26 Å². The topological polar surface area (TPSA) is 132 Å². The van der Waals surface area contributed by atoms with Gasteiger partial charge in [0.15, 0.2) is 0 Å². The second kappa shape index (κ2) is 17.0. The highest BCUT2D eigenvalue weighted by atomic mass is 35.5. The van der Waals surface area contributed by atoms with Crippen molar-refractivity contribution in [1.82, 2.24) is 15.1 Å². The molecule has 3 fully saturated rings. The van der Waals surface area contributed by atoms with Crippen LogP contribution in [0.1, 0.15) is 96.1 Å². The largest absolute Gasteiger partial charge is 0.398 e. The van der Waals surface area contributed by atoms with Crippen molar-refractivity contribution in [2.24, 2.45) is 28.5 Å². The predicted molar refractivity (Wildman–Crippen MR) is 218 cm³/mol. The normalized spacial score (nSPS) is 21.8. The highest BCUT2D eigenvalue weighted by Gasteiger charge is 2.39. The van der Waals surface area contributed by atoms with Gasteiger partial charge in [-0.05, 0) is 111 Å². The number of nitrogens with one attached hydrogen (secondary N) is 1. The first-order valence-corrected chi connectivity index (χ1v) is 19.7. The third-order valence-corrected chi connectivity index (χ3v) is 11.8. The van der Waals surface area contributed by atoms with E-state index in [0.717, 1.165) is 71.6 Å². The van der Waals surface area contributed by atoms with Crippen LogP contribution in [-0.4, -0.2) is 58.9 Å². The molecule has 0 bridgehead atoms. The number of piperidine rings is 1. The van der Waals surface area contributed by atoms with Gasteiger partial charge in [0.25, 0.3) is 5.91 Å². The maximum Gasteiger partial charge on any atom is 0.255 e. The molecule has 7 rings (SSSR count). The van der Waals surface area contributed by atoms with Gasteiger partial charge in [0.1, 0.15) is 12.1 Å². The van der Waals surface area contributed by atoms with Crippen LogP contribution in [-0.2, 0) is 22.7 Å². The molecular formula is C46H45ClN6O3. The van der Waals surface area contributed by atoms with Gasteiger partial charge in [-0.2, -0.15) is 5.26 Å². The van der Waals surface area contributed by atoms with Gasteiger partial charge in [0, 0.05) is 72.5 Å². The molecule has 3 aromatic rings. The number of aliphatic imine (C=N–C) groups is 1. The molecule has 3 heterocycles. The summed E-state index contributed by atoms with van der Waals surface area (Å²) >= 11 is 6.20. The van der Waals surface area contributed by atoms with Gasteiger partial charge in [-0.1, -0.05) is 59.5 Å². The molecule has 1 saturated carbocycles. The first-order valence-electron chi connectivity index (χ1n) is 19.3. The van der Waals surface area contributed by atoms with Crippen LogP contribution in [0.15, 0.2) is 71.2 Å². The maximum atomic E-state index is 13.1. The Balaban J connectivity index is 0.826. The molecule has 0 spiro atoms. The molecule has 3 aliphatic heterocycles. The van der Waals surface area contributed by atoms with Crippen molar-refractivity contribution in [3.8, 4) is 29.8 Å². The van der Waals surface area contributed by atoms with Crippen LogP contribution in [0.4, 0.5) is 0 Å². The molecule has 9 nitrogen and oxygen atoms in total. The summed E-state index contributed by atoms with van der Waals surface area (Å²) in [5, 5.41) is 11.9. The molecule has 0 radical (unpaired) electrons. The van der Waals surface area contributed by atoms with Crippen LogP contribution in [0.2, 0.25) is 5.02 Å². The summed E-state index contributed by atoms with van der Waals surface area (Å²) in [6, 6.07) is 20.7. The minimum atomic E-state index is -0.609. The van der Waals surface area contributed by atoms with Gasteiger partial charge in [0.2, 0.25) is 11.8 Å². The van der Waals surface area contributed by atoms with E-state index in [0.29, 0.717) is 59.1 Å². The lowest BCUT2D eigenvalue weighted by Gasteiger charge is -2.40. The van der Waals surface area contributed by atoms with Crippen LogP contribution in [0.25, 0.3) is 5.70 Å². The number of carbonyl (C=O) groups is 3. The second-order valence-electron chi connectivity index (χ2n) is 15.4. The highest BCUT2D eigenvalue weighted by molar-refractivity contribution is 6.32. The number of amides is 3. The van der Waals surface area contributed by atoms with Gasteiger partial charge >= 0.3 is 0 Å². The number of allylic oxidation sites excluding steroid dienone is 1. The second-order valence-corrected chi connectivity index (χ2v) is 15.8. The molecule has 3 N–H and O–H groups in total. The zero-order chi connectivity index (χ0) is 39.3. The van der Waals surface area contributed by atoms with Crippen molar-refractivity contribution in [3.05, 3.63) is 110 Å². The molecule has 10 heteroatoms. The molecule has 56 heavy (non-hydrogen) atoms. The monoisotopic (exact) mass is 764 g/mol. The molecule has 3 amide bonds. The summed E-state index contributed by atoms with van der Waals surface area (Å²) in [5.41, 5.74) is 14.3. The van der Waals surface area contributed by atoms with E-state index < -0.39 is 11.9 Å². The van der Waals surface area contributed by atoms with E-state index in [1.165, 1.54) is 12.8 Å². The summed E-state index contributed by atoms with van der Waals surface area (Å²) in [4.78, 5) is 45.9. The number of rotatable bonds is 7. The van der Waals surface area contributed by atoms with E-state index >= 15 is 0 Å².